The van der Waals surface area contributed by atoms with Gasteiger partial charge in [0, 0.05) is 22.6 Å². The average Bonchev–Trinajstić information content (AvgIpc) is 2.45. The molecule has 2 N–H and O–H groups in total. The Bertz CT molecular complexity index is 454. The van der Waals surface area contributed by atoms with Gasteiger partial charge in [0.25, 0.3) is 0 Å². The summed E-state index contributed by atoms with van der Waals surface area (Å²) >= 11 is 12.4. The first kappa shape index (κ1) is 16.1. The topological polar surface area (TPSA) is 29.3 Å². The van der Waals surface area contributed by atoms with Crippen LogP contribution in [0.5, 0.6) is 0 Å². The minimum absolute atomic E-state index is 0.169. The number of hydrogen-bond donors (Lipinski definition) is 1. The van der Waals surface area contributed by atoms with Crippen LogP contribution in [0.1, 0.15) is 44.7 Å². The predicted molar refractivity (Wildman–Crippen MR) is 87.5 cm³/mol. The van der Waals surface area contributed by atoms with E-state index in [0.717, 1.165) is 28.7 Å². The van der Waals surface area contributed by atoms with E-state index in [0.29, 0.717) is 12.0 Å². The molecular weight excluding hydrogens is 291 g/mol. The minimum Gasteiger partial charge on any atom is -0.329 e. The summed E-state index contributed by atoms with van der Waals surface area (Å²) in [5, 5.41) is 1.48. The molecule has 1 atom stereocenters. The number of nitrogens with zero attached hydrogens (tertiary/aromatic N) is 1. The molecule has 0 saturated carbocycles. The Hall–Kier alpha value is -0.280. The zero-order valence-electron chi connectivity index (χ0n) is 12.3. The van der Waals surface area contributed by atoms with Gasteiger partial charge in [0.1, 0.15) is 0 Å². The lowest BCUT2D eigenvalue weighted by molar-refractivity contribution is 0.0829. The third-order valence-electron chi connectivity index (χ3n) is 4.84. The normalized spacial score (nSPS) is 20.9. The number of benzene rings is 1. The minimum atomic E-state index is 0.169. The van der Waals surface area contributed by atoms with Crippen LogP contribution in [-0.4, -0.2) is 24.5 Å². The van der Waals surface area contributed by atoms with Crippen LogP contribution >= 0.6 is 23.2 Å². The first-order valence-electron chi connectivity index (χ1n) is 7.38. The van der Waals surface area contributed by atoms with E-state index in [1.807, 2.05) is 18.2 Å². The molecule has 0 radical (unpaired) electrons. The molecule has 2 rings (SSSR count). The second kappa shape index (κ2) is 6.65. The molecule has 1 aromatic rings. The zero-order valence-corrected chi connectivity index (χ0v) is 13.8. The van der Waals surface area contributed by atoms with E-state index in [4.69, 9.17) is 28.9 Å². The highest BCUT2D eigenvalue weighted by Crippen LogP contribution is 2.38. The third kappa shape index (κ3) is 3.48. The van der Waals surface area contributed by atoms with Gasteiger partial charge in [0.15, 0.2) is 0 Å². The molecule has 1 aliphatic rings. The molecule has 4 heteroatoms. The Morgan fingerprint density at radius 1 is 1.30 bits per heavy atom. The Morgan fingerprint density at radius 2 is 1.95 bits per heavy atom. The van der Waals surface area contributed by atoms with Crippen molar-refractivity contribution in [1.82, 2.24) is 4.90 Å². The molecular formula is C16H24Cl2N2. The summed E-state index contributed by atoms with van der Waals surface area (Å²) in [5.74, 6) is 0. The van der Waals surface area contributed by atoms with Gasteiger partial charge in [0.2, 0.25) is 0 Å². The molecule has 1 fully saturated rings. The van der Waals surface area contributed by atoms with Crippen LogP contribution in [0, 0.1) is 5.41 Å². The fraction of sp³-hybridized carbons (Fsp3) is 0.625. The summed E-state index contributed by atoms with van der Waals surface area (Å²) < 4.78 is 0. The van der Waals surface area contributed by atoms with Gasteiger partial charge in [-0.05, 0) is 55.1 Å². The number of rotatable bonds is 4. The molecule has 0 aliphatic carbocycles. The Kier molecular flexibility index (Phi) is 5.36. The highest BCUT2D eigenvalue weighted by Gasteiger charge is 2.32. The first-order chi connectivity index (χ1) is 9.49. The lowest BCUT2D eigenvalue weighted by Crippen LogP contribution is -2.42. The van der Waals surface area contributed by atoms with Crippen molar-refractivity contribution in [1.29, 1.82) is 0 Å². The SMILES string of the molecule is CCC1(C)CCN(C(CN)c2cc(Cl)ccc2Cl)CC1. The third-order valence-corrected chi connectivity index (χ3v) is 5.42. The molecule has 0 aromatic heterocycles. The molecule has 0 spiro atoms. The lowest BCUT2D eigenvalue weighted by Gasteiger charge is -2.42. The van der Waals surface area contributed by atoms with E-state index in [2.05, 4.69) is 18.7 Å². The summed E-state index contributed by atoms with van der Waals surface area (Å²) in [6, 6.07) is 5.81. The molecule has 0 bridgehead atoms. The van der Waals surface area contributed by atoms with Crippen molar-refractivity contribution in [2.24, 2.45) is 11.1 Å². The number of likely N-dealkylation sites (tertiary alicyclic amines) is 1. The van der Waals surface area contributed by atoms with Crippen molar-refractivity contribution in [2.75, 3.05) is 19.6 Å². The average molecular weight is 315 g/mol. The summed E-state index contributed by atoms with van der Waals surface area (Å²) in [4.78, 5) is 2.45. The maximum Gasteiger partial charge on any atom is 0.0485 e. The molecule has 2 nitrogen and oxygen atoms in total. The number of piperidine rings is 1. The fourth-order valence-electron chi connectivity index (χ4n) is 2.97. The maximum absolute atomic E-state index is 6.33. The molecule has 1 aromatic carbocycles. The van der Waals surface area contributed by atoms with E-state index in [9.17, 15) is 0 Å². The van der Waals surface area contributed by atoms with Crippen molar-refractivity contribution >= 4 is 23.2 Å². The largest absolute Gasteiger partial charge is 0.329 e. The summed E-state index contributed by atoms with van der Waals surface area (Å²) in [6.45, 7) is 7.39. The molecule has 1 heterocycles. The van der Waals surface area contributed by atoms with Crippen LogP contribution in [0.2, 0.25) is 10.0 Å². The quantitative estimate of drug-likeness (QED) is 0.886. The van der Waals surface area contributed by atoms with Crippen LogP contribution in [0.15, 0.2) is 18.2 Å². The van der Waals surface area contributed by atoms with Crippen LogP contribution in [0.3, 0.4) is 0 Å². The Balaban J connectivity index is 2.15. The van der Waals surface area contributed by atoms with Gasteiger partial charge in [-0.15, -0.1) is 0 Å². The summed E-state index contributed by atoms with van der Waals surface area (Å²) in [7, 11) is 0. The van der Waals surface area contributed by atoms with Crippen molar-refractivity contribution in [3.05, 3.63) is 33.8 Å². The van der Waals surface area contributed by atoms with Crippen LogP contribution in [0.25, 0.3) is 0 Å². The van der Waals surface area contributed by atoms with Gasteiger partial charge in [0.05, 0.1) is 0 Å². The van der Waals surface area contributed by atoms with Crippen molar-refractivity contribution < 1.29 is 0 Å². The molecule has 1 unspecified atom stereocenters. The van der Waals surface area contributed by atoms with Crippen LogP contribution < -0.4 is 5.73 Å². The zero-order chi connectivity index (χ0) is 14.8. The molecule has 1 aliphatic heterocycles. The van der Waals surface area contributed by atoms with E-state index in [1.165, 1.54) is 19.3 Å². The van der Waals surface area contributed by atoms with E-state index < -0.39 is 0 Å². The van der Waals surface area contributed by atoms with Gasteiger partial charge >= 0.3 is 0 Å². The van der Waals surface area contributed by atoms with Gasteiger partial charge in [-0.2, -0.15) is 0 Å². The van der Waals surface area contributed by atoms with Gasteiger partial charge in [-0.3, -0.25) is 4.90 Å². The molecule has 112 valence electrons. The monoisotopic (exact) mass is 314 g/mol. The lowest BCUT2D eigenvalue weighted by atomic mass is 9.78. The summed E-state index contributed by atoms with van der Waals surface area (Å²) in [5.41, 5.74) is 7.55. The predicted octanol–water partition coefficient (Wildman–Crippen LogP) is 4.51. The van der Waals surface area contributed by atoms with Crippen LogP contribution in [-0.2, 0) is 0 Å². The first-order valence-corrected chi connectivity index (χ1v) is 8.14. The second-order valence-electron chi connectivity index (χ2n) is 6.12. The fourth-order valence-corrected chi connectivity index (χ4v) is 3.40. The van der Waals surface area contributed by atoms with E-state index >= 15 is 0 Å². The van der Waals surface area contributed by atoms with Crippen molar-refractivity contribution in [3.63, 3.8) is 0 Å². The maximum atomic E-state index is 6.33. The van der Waals surface area contributed by atoms with E-state index in [1.54, 1.807) is 0 Å². The summed E-state index contributed by atoms with van der Waals surface area (Å²) in [6.07, 6.45) is 3.68. The second-order valence-corrected chi connectivity index (χ2v) is 6.96. The van der Waals surface area contributed by atoms with E-state index in [-0.39, 0.29) is 6.04 Å². The Morgan fingerprint density at radius 3 is 2.50 bits per heavy atom. The standard InChI is InChI=1S/C16H24Cl2N2/c1-3-16(2)6-8-20(9-7-16)15(11-19)13-10-12(17)4-5-14(13)18/h4-5,10,15H,3,6-9,11,19H2,1-2H3. The van der Waals surface area contributed by atoms with Gasteiger partial charge in [-0.25, -0.2) is 0 Å². The highest BCUT2D eigenvalue weighted by molar-refractivity contribution is 6.33. The van der Waals surface area contributed by atoms with Crippen molar-refractivity contribution in [2.45, 2.75) is 39.2 Å². The van der Waals surface area contributed by atoms with Crippen LogP contribution in [0.4, 0.5) is 0 Å². The molecule has 20 heavy (non-hydrogen) atoms. The number of halogens is 2. The molecule has 0 amide bonds. The van der Waals surface area contributed by atoms with Crippen molar-refractivity contribution in [3.8, 4) is 0 Å². The molecule has 1 saturated heterocycles. The number of nitrogens with two attached hydrogens (primary N) is 1. The highest BCUT2D eigenvalue weighted by atomic mass is 35.5. The van der Waals surface area contributed by atoms with Gasteiger partial charge < -0.3 is 5.73 Å². The van der Waals surface area contributed by atoms with Gasteiger partial charge in [-0.1, -0.05) is 43.5 Å². The number of hydrogen-bond acceptors (Lipinski definition) is 2. The Labute approximate surface area is 132 Å². The smallest absolute Gasteiger partial charge is 0.0485 e.